The molecule has 1 N–H and O–H groups in total. The number of anilines is 1. The molecular weight excluding hydrogens is 444 g/mol. The van der Waals surface area contributed by atoms with E-state index in [1.165, 1.54) is 18.2 Å². The number of aromatic nitrogens is 2. The smallest absolute Gasteiger partial charge is 0.395 e. The molecule has 0 unspecified atom stereocenters. The lowest BCUT2D eigenvalue weighted by Gasteiger charge is -2.13. The van der Waals surface area contributed by atoms with Crippen molar-refractivity contribution < 1.29 is 23.0 Å². The van der Waals surface area contributed by atoms with Gasteiger partial charge in [-0.15, -0.1) is 8.78 Å². The summed E-state index contributed by atoms with van der Waals surface area (Å²) in [4.78, 5) is 30.4. The van der Waals surface area contributed by atoms with E-state index in [1.54, 1.807) is 42.1 Å². The largest absolute Gasteiger partial charge is 0.586 e. The summed E-state index contributed by atoms with van der Waals surface area (Å²) in [7, 11) is 1.70. The molecule has 1 aliphatic heterocycles. The Bertz CT molecular complexity index is 1550. The minimum atomic E-state index is -3.74. The third-order valence-corrected chi connectivity index (χ3v) is 5.69. The van der Waals surface area contributed by atoms with Gasteiger partial charge < -0.3 is 19.4 Å². The van der Waals surface area contributed by atoms with Gasteiger partial charge in [0.2, 0.25) is 0 Å². The first-order chi connectivity index (χ1) is 16.1. The van der Waals surface area contributed by atoms with Crippen LogP contribution < -0.4 is 20.3 Å². The van der Waals surface area contributed by atoms with Gasteiger partial charge in [-0.2, -0.15) is 0 Å². The number of alkyl halides is 2. The SMILES string of the molecule is Cc1cc2c(cn1)cc(-c1cc(C(=O)Nc3ccc4c(c3)OC(F)(F)O4)ccc1C)c(=O)n2C. The van der Waals surface area contributed by atoms with E-state index in [4.69, 9.17) is 0 Å². The average Bonchev–Trinajstić information content (AvgIpc) is 3.10. The molecule has 1 amide bonds. The summed E-state index contributed by atoms with van der Waals surface area (Å²) in [6.07, 6.45) is -2.03. The van der Waals surface area contributed by atoms with E-state index in [-0.39, 0.29) is 22.7 Å². The molecule has 0 bridgehead atoms. The third kappa shape index (κ3) is 3.75. The minimum Gasteiger partial charge on any atom is -0.395 e. The average molecular weight is 463 g/mol. The third-order valence-electron chi connectivity index (χ3n) is 5.69. The Labute approximate surface area is 192 Å². The molecule has 0 atom stereocenters. The number of carbonyl (C=O) groups is 1. The summed E-state index contributed by atoms with van der Waals surface area (Å²) in [5, 5.41) is 3.46. The van der Waals surface area contributed by atoms with Gasteiger partial charge in [0.05, 0.1) is 5.52 Å². The lowest BCUT2D eigenvalue weighted by Crippen LogP contribution is -2.25. The van der Waals surface area contributed by atoms with Crippen LogP contribution in [0.1, 0.15) is 21.6 Å². The standard InChI is InChI=1S/C25H19F2N3O4/c1-13-4-5-15(23(31)29-17-6-7-21-22(11-17)34-25(26,27)33-21)9-18(13)19-10-16-12-28-14(2)8-20(16)30(3)24(19)32/h4-12H,1-3H3,(H,29,31). The molecule has 172 valence electrons. The van der Waals surface area contributed by atoms with Crippen molar-refractivity contribution in [3.63, 3.8) is 0 Å². The second-order valence-electron chi connectivity index (χ2n) is 8.12. The monoisotopic (exact) mass is 463 g/mol. The van der Waals surface area contributed by atoms with Gasteiger partial charge in [0, 0.05) is 47.2 Å². The van der Waals surface area contributed by atoms with Crippen LogP contribution in [0.25, 0.3) is 22.0 Å². The van der Waals surface area contributed by atoms with Crippen molar-refractivity contribution in [3.05, 3.63) is 81.9 Å². The Morgan fingerprint density at radius 3 is 2.56 bits per heavy atom. The van der Waals surface area contributed by atoms with Crippen molar-refractivity contribution in [2.24, 2.45) is 7.05 Å². The number of hydrogen-bond donors (Lipinski definition) is 1. The van der Waals surface area contributed by atoms with Crippen LogP contribution >= 0.6 is 0 Å². The number of hydrogen-bond acceptors (Lipinski definition) is 5. The second-order valence-corrected chi connectivity index (χ2v) is 8.12. The Hall–Kier alpha value is -4.27. The minimum absolute atomic E-state index is 0.113. The normalized spacial score (nSPS) is 13.8. The van der Waals surface area contributed by atoms with E-state index < -0.39 is 12.2 Å². The summed E-state index contributed by atoms with van der Waals surface area (Å²) in [5.41, 5.74) is 3.80. The van der Waals surface area contributed by atoms with Crippen molar-refractivity contribution in [3.8, 4) is 22.6 Å². The first kappa shape index (κ1) is 21.6. The lowest BCUT2D eigenvalue weighted by molar-refractivity contribution is -0.286. The fourth-order valence-corrected chi connectivity index (χ4v) is 3.94. The molecule has 0 aliphatic carbocycles. The Balaban J connectivity index is 1.49. The van der Waals surface area contributed by atoms with Gasteiger partial charge in [-0.25, -0.2) is 0 Å². The fourth-order valence-electron chi connectivity index (χ4n) is 3.94. The zero-order valence-corrected chi connectivity index (χ0v) is 18.5. The van der Waals surface area contributed by atoms with E-state index in [2.05, 4.69) is 19.8 Å². The highest BCUT2D eigenvalue weighted by Gasteiger charge is 2.43. The molecule has 4 aromatic rings. The number of halogens is 2. The molecule has 0 radical (unpaired) electrons. The van der Waals surface area contributed by atoms with Crippen molar-refractivity contribution in [1.82, 2.24) is 9.55 Å². The number of carbonyl (C=O) groups excluding carboxylic acids is 1. The van der Waals surface area contributed by atoms with Crippen molar-refractivity contribution in [1.29, 1.82) is 0 Å². The van der Waals surface area contributed by atoms with E-state index in [0.29, 0.717) is 16.7 Å². The predicted octanol–water partition coefficient (Wildman–Crippen LogP) is 4.79. The fraction of sp³-hybridized carbons (Fsp3) is 0.160. The molecule has 0 saturated carbocycles. The molecule has 2 aromatic carbocycles. The predicted molar refractivity (Wildman–Crippen MR) is 122 cm³/mol. The maximum absolute atomic E-state index is 13.3. The Kier molecular flexibility index (Phi) is 4.85. The van der Waals surface area contributed by atoms with Crippen LogP contribution in [0.2, 0.25) is 0 Å². The molecule has 3 heterocycles. The zero-order valence-electron chi connectivity index (χ0n) is 18.5. The van der Waals surface area contributed by atoms with E-state index in [9.17, 15) is 18.4 Å². The molecule has 0 fully saturated rings. The molecule has 0 spiro atoms. The number of amides is 1. The summed E-state index contributed by atoms with van der Waals surface area (Å²) in [6.45, 7) is 3.71. The molecule has 7 nitrogen and oxygen atoms in total. The highest BCUT2D eigenvalue weighted by Crippen LogP contribution is 2.42. The van der Waals surface area contributed by atoms with Crippen molar-refractivity contribution in [2.75, 3.05) is 5.32 Å². The first-order valence-corrected chi connectivity index (χ1v) is 10.4. The van der Waals surface area contributed by atoms with E-state index in [1.807, 2.05) is 19.9 Å². The summed E-state index contributed by atoms with van der Waals surface area (Å²) in [5.74, 6) is -0.755. The molecule has 5 rings (SSSR count). The summed E-state index contributed by atoms with van der Waals surface area (Å²) in [6, 6.07) is 12.6. The number of pyridine rings is 2. The Morgan fingerprint density at radius 1 is 1.00 bits per heavy atom. The number of fused-ring (bicyclic) bond motifs is 2. The molecule has 1 aliphatic rings. The number of rotatable bonds is 3. The van der Waals surface area contributed by atoms with Crippen LogP contribution in [-0.2, 0) is 7.05 Å². The number of aryl methyl sites for hydroxylation is 3. The van der Waals surface area contributed by atoms with Gasteiger partial charge in [0.15, 0.2) is 11.5 Å². The molecular formula is C25H19F2N3O4. The molecule has 9 heteroatoms. The Morgan fingerprint density at radius 2 is 1.76 bits per heavy atom. The van der Waals surface area contributed by atoms with Crippen molar-refractivity contribution in [2.45, 2.75) is 20.1 Å². The lowest BCUT2D eigenvalue weighted by atomic mass is 9.97. The van der Waals surface area contributed by atoms with E-state index >= 15 is 0 Å². The summed E-state index contributed by atoms with van der Waals surface area (Å²) < 4.78 is 36.9. The second kappa shape index (κ2) is 7.65. The van der Waals surface area contributed by atoms with Crippen LogP contribution in [0.5, 0.6) is 11.5 Å². The maximum atomic E-state index is 13.3. The molecule has 2 aromatic heterocycles. The summed E-state index contributed by atoms with van der Waals surface area (Å²) >= 11 is 0. The van der Waals surface area contributed by atoms with Gasteiger partial charge in [0.25, 0.3) is 11.5 Å². The first-order valence-electron chi connectivity index (χ1n) is 10.4. The van der Waals surface area contributed by atoms with Crippen LogP contribution in [0, 0.1) is 13.8 Å². The molecule has 0 saturated heterocycles. The van der Waals surface area contributed by atoms with Crippen molar-refractivity contribution >= 4 is 22.5 Å². The molecule has 34 heavy (non-hydrogen) atoms. The van der Waals surface area contributed by atoms with Crippen LogP contribution in [0.4, 0.5) is 14.5 Å². The van der Waals surface area contributed by atoms with Crippen LogP contribution in [-0.4, -0.2) is 21.8 Å². The van der Waals surface area contributed by atoms with Crippen LogP contribution in [0.15, 0.2) is 59.5 Å². The topological polar surface area (TPSA) is 82.5 Å². The zero-order chi connectivity index (χ0) is 24.2. The number of ether oxygens (including phenoxy) is 2. The van der Waals surface area contributed by atoms with E-state index in [0.717, 1.165) is 22.2 Å². The van der Waals surface area contributed by atoms with Gasteiger partial charge in [-0.3, -0.25) is 14.6 Å². The quantitative estimate of drug-likeness (QED) is 0.472. The maximum Gasteiger partial charge on any atom is 0.586 e. The number of nitrogens with one attached hydrogen (secondary N) is 1. The van der Waals surface area contributed by atoms with Gasteiger partial charge in [0.1, 0.15) is 0 Å². The van der Waals surface area contributed by atoms with Gasteiger partial charge >= 0.3 is 6.29 Å². The number of benzene rings is 2. The van der Waals surface area contributed by atoms with Gasteiger partial charge in [-0.1, -0.05) is 6.07 Å². The highest BCUT2D eigenvalue weighted by molar-refractivity contribution is 6.05. The van der Waals surface area contributed by atoms with Crippen LogP contribution in [0.3, 0.4) is 0 Å². The van der Waals surface area contributed by atoms with Gasteiger partial charge in [-0.05, 0) is 61.4 Å². The number of nitrogens with zero attached hydrogens (tertiary/aromatic N) is 2. The highest BCUT2D eigenvalue weighted by atomic mass is 19.3.